The molecule has 1 aromatic carbocycles. The third-order valence-electron chi connectivity index (χ3n) is 5.89. The number of amides is 1. The Hall–Kier alpha value is -3.20. The van der Waals surface area contributed by atoms with Gasteiger partial charge in [0.25, 0.3) is 5.69 Å². The Labute approximate surface area is 201 Å². The number of carbonyl (C=O) groups is 1. The van der Waals surface area contributed by atoms with Crippen molar-refractivity contribution in [2.75, 3.05) is 13.1 Å². The molecule has 180 valence electrons. The summed E-state index contributed by atoms with van der Waals surface area (Å²) >= 11 is 6.53. The van der Waals surface area contributed by atoms with E-state index in [1.807, 2.05) is 26.8 Å². The fraction of sp³-hybridized carbons (Fsp3) is 0.417. The molecule has 0 spiro atoms. The molecule has 1 saturated heterocycles. The lowest BCUT2D eigenvalue weighted by Gasteiger charge is -2.33. The van der Waals surface area contributed by atoms with Crippen molar-refractivity contribution in [1.82, 2.24) is 14.5 Å². The van der Waals surface area contributed by atoms with Gasteiger partial charge in [-0.1, -0.05) is 11.6 Å². The van der Waals surface area contributed by atoms with E-state index in [9.17, 15) is 19.3 Å². The van der Waals surface area contributed by atoms with Gasteiger partial charge < -0.3 is 14.2 Å². The number of rotatable bonds is 4. The summed E-state index contributed by atoms with van der Waals surface area (Å²) in [5, 5.41) is 11.9. The van der Waals surface area contributed by atoms with Crippen LogP contribution in [0.3, 0.4) is 0 Å². The molecule has 2 aromatic heterocycles. The molecule has 0 N–H and O–H groups in total. The molecular weight excluding hydrogens is 463 g/mol. The second kappa shape index (κ2) is 9.21. The molecule has 0 unspecified atom stereocenters. The molecule has 4 rings (SSSR count). The standard InChI is InChI=1S/C24H26ClFN4O4/c1-24(2,3)34-23(31)28-7-4-15(5-8-28)17-11-19(25)21(27-13-17)14-29-9-6-16-10-18(30(32)33)12-20(26)22(16)29/h6,9-13,15H,4-5,7-8,14H2,1-3H3. The molecule has 3 aromatic rings. The van der Waals surface area contributed by atoms with Crippen molar-refractivity contribution >= 4 is 34.3 Å². The molecule has 0 aliphatic carbocycles. The Morgan fingerprint density at radius 3 is 2.62 bits per heavy atom. The first-order valence-electron chi connectivity index (χ1n) is 11.1. The Kier molecular flexibility index (Phi) is 6.49. The van der Waals surface area contributed by atoms with E-state index in [1.165, 1.54) is 6.07 Å². The summed E-state index contributed by atoms with van der Waals surface area (Å²) < 4.78 is 21.7. The van der Waals surface area contributed by atoms with Crippen molar-refractivity contribution < 1.29 is 18.8 Å². The predicted octanol–water partition coefficient (Wildman–Crippen LogP) is 5.90. The van der Waals surface area contributed by atoms with Crippen LogP contribution in [0, 0.1) is 15.9 Å². The van der Waals surface area contributed by atoms with E-state index < -0.39 is 16.3 Å². The molecule has 0 radical (unpaired) electrons. The average molecular weight is 489 g/mol. The zero-order valence-electron chi connectivity index (χ0n) is 19.3. The fourth-order valence-corrected chi connectivity index (χ4v) is 4.46. The second-order valence-corrected chi connectivity index (χ2v) is 9.91. The number of likely N-dealkylation sites (tertiary alicyclic amines) is 1. The van der Waals surface area contributed by atoms with Crippen LogP contribution < -0.4 is 0 Å². The molecule has 1 fully saturated rings. The summed E-state index contributed by atoms with van der Waals surface area (Å²) in [6.07, 6.45) is 4.71. The van der Waals surface area contributed by atoms with Gasteiger partial charge in [0, 0.05) is 36.9 Å². The molecule has 3 heterocycles. The summed E-state index contributed by atoms with van der Waals surface area (Å²) in [4.78, 5) is 28.9. The second-order valence-electron chi connectivity index (χ2n) is 9.51. The van der Waals surface area contributed by atoms with Gasteiger partial charge >= 0.3 is 6.09 Å². The first-order chi connectivity index (χ1) is 16.0. The lowest BCUT2D eigenvalue weighted by Crippen LogP contribution is -2.41. The van der Waals surface area contributed by atoms with Gasteiger partial charge in [0.1, 0.15) is 5.60 Å². The minimum atomic E-state index is -0.668. The number of nitro benzene ring substituents is 1. The highest BCUT2D eigenvalue weighted by atomic mass is 35.5. The van der Waals surface area contributed by atoms with Gasteiger partial charge in [-0.25, -0.2) is 9.18 Å². The van der Waals surface area contributed by atoms with Crippen LogP contribution >= 0.6 is 11.6 Å². The van der Waals surface area contributed by atoms with E-state index in [2.05, 4.69) is 4.98 Å². The number of nitrogens with zero attached hydrogens (tertiary/aromatic N) is 4. The van der Waals surface area contributed by atoms with Crippen molar-refractivity contribution in [3.05, 3.63) is 68.9 Å². The van der Waals surface area contributed by atoms with Crippen LogP contribution in [0.15, 0.2) is 36.7 Å². The van der Waals surface area contributed by atoms with Gasteiger partial charge in [-0.2, -0.15) is 0 Å². The number of non-ortho nitro benzene ring substituents is 1. The maximum atomic E-state index is 14.6. The van der Waals surface area contributed by atoms with Crippen LogP contribution in [0.25, 0.3) is 10.9 Å². The SMILES string of the molecule is CC(C)(C)OC(=O)N1CCC(c2cnc(Cn3ccc4cc([N+](=O)[O-])cc(F)c43)c(Cl)c2)CC1. The van der Waals surface area contributed by atoms with Crippen LogP contribution in [-0.4, -0.2) is 44.2 Å². The third kappa shape index (κ3) is 5.14. The van der Waals surface area contributed by atoms with Crippen molar-refractivity contribution in [3.63, 3.8) is 0 Å². The Morgan fingerprint density at radius 2 is 2.00 bits per heavy atom. The number of halogens is 2. The lowest BCUT2D eigenvalue weighted by molar-refractivity contribution is -0.384. The van der Waals surface area contributed by atoms with E-state index in [0.717, 1.165) is 24.5 Å². The monoisotopic (exact) mass is 488 g/mol. The summed E-state index contributed by atoms with van der Waals surface area (Å²) in [6, 6.07) is 5.77. The summed E-state index contributed by atoms with van der Waals surface area (Å²) in [5.41, 5.74) is 1.02. The number of aromatic nitrogens is 2. The van der Waals surface area contributed by atoms with Crippen molar-refractivity contribution in [1.29, 1.82) is 0 Å². The van der Waals surface area contributed by atoms with Gasteiger partial charge in [-0.05, 0) is 57.2 Å². The number of ether oxygens (including phenoxy) is 1. The van der Waals surface area contributed by atoms with Gasteiger partial charge in [-0.15, -0.1) is 0 Å². The summed E-state index contributed by atoms with van der Waals surface area (Å²) in [7, 11) is 0. The number of carbonyl (C=O) groups excluding carboxylic acids is 1. The van der Waals surface area contributed by atoms with Gasteiger partial charge in [-0.3, -0.25) is 15.1 Å². The molecular formula is C24H26ClFN4O4. The van der Waals surface area contributed by atoms with Crippen molar-refractivity contribution in [2.24, 2.45) is 0 Å². The lowest BCUT2D eigenvalue weighted by atomic mass is 9.90. The molecule has 34 heavy (non-hydrogen) atoms. The highest BCUT2D eigenvalue weighted by Crippen LogP contribution is 2.32. The van der Waals surface area contributed by atoms with Crippen molar-refractivity contribution in [2.45, 2.75) is 51.7 Å². The normalized spacial score (nSPS) is 15.0. The van der Waals surface area contributed by atoms with Crippen LogP contribution in [0.1, 0.15) is 50.8 Å². The van der Waals surface area contributed by atoms with Crippen molar-refractivity contribution in [3.8, 4) is 0 Å². The topological polar surface area (TPSA) is 90.5 Å². The number of hydrogen-bond acceptors (Lipinski definition) is 5. The quantitative estimate of drug-likeness (QED) is 0.337. The van der Waals surface area contributed by atoms with Crippen LogP contribution in [0.4, 0.5) is 14.9 Å². The Balaban J connectivity index is 1.45. The van der Waals surface area contributed by atoms with Gasteiger partial charge in [0.2, 0.25) is 0 Å². The van der Waals surface area contributed by atoms with Crippen LogP contribution in [0.5, 0.6) is 0 Å². The smallest absolute Gasteiger partial charge is 0.410 e. The largest absolute Gasteiger partial charge is 0.444 e. The zero-order valence-corrected chi connectivity index (χ0v) is 20.0. The fourth-order valence-electron chi connectivity index (χ4n) is 4.22. The molecule has 0 atom stereocenters. The zero-order chi connectivity index (χ0) is 24.6. The first kappa shape index (κ1) is 23.9. The van der Waals surface area contributed by atoms with E-state index in [1.54, 1.807) is 27.9 Å². The van der Waals surface area contributed by atoms with E-state index in [-0.39, 0.29) is 29.8 Å². The molecule has 1 amide bonds. The average Bonchev–Trinajstić information content (AvgIpc) is 3.17. The molecule has 1 aliphatic rings. The maximum Gasteiger partial charge on any atom is 0.410 e. The Bertz CT molecular complexity index is 1250. The minimum Gasteiger partial charge on any atom is -0.444 e. The van der Waals surface area contributed by atoms with Gasteiger partial charge in [0.05, 0.1) is 33.8 Å². The first-order valence-corrected chi connectivity index (χ1v) is 11.4. The van der Waals surface area contributed by atoms with Crippen LogP contribution in [-0.2, 0) is 11.3 Å². The molecule has 0 bridgehead atoms. The van der Waals surface area contributed by atoms with Crippen LogP contribution in [0.2, 0.25) is 5.02 Å². The van der Waals surface area contributed by atoms with E-state index in [0.29, 0.717) is 29.2 Å². The summed E-state index contributed by atoms with van der Waals surface area (Å²) in [6.45, 7) is 6.97. The van der Waals surface area contributed by atoms with E-state index in [4.69, 9.17) is 16.3 Å². The minimum absolute atomic E-state index is 0.225. The number of benzene rings is 1. The molecule has 10 heteroatoms. The van der Waals surface area contributed by atoms with E-state index >= 15 is 0 Å². The molecule has 1 aliphatic heterocycles. The number of fused-ring (bicyclic) bond motifs is 1. The third-order valence-corrected chi connectivity index (χ3v) is 6.21. The Morgan fingerprint density at radius 1 is 1.29 bits per heavy atom. The number of pyridine rings is 1. The predicted molar refractivity (Wildman–Crippen MR) is 127 cm³/mol. The highest BCUT2D eigenvalue weighted by molar-refractivity contribution is 6.31. The number of piperidine rings is 1. The molecule has 0 saturated carbocycles. The number of hydrogen-bond donors (Lipinski definition) is 0. The number of nitro groups is 1. The van der Waals surface area contributed by atoms with Gasteiger partial charge in [0.15, 0.2) is 5.82 Å². The maximum absolute atomic E-state index is 14.6. The highest BCUT2D eigenvalue weighted by Gasteiger charge is 2.28. The molecule has 8 nitrogen and oxygen atoms in total. The summed E-state index contributed by atoms with van der Waals surface area (Å²) in [5.74, 6) is -0.443.